The van der Waals surface area contributed by atoms with E-state index in [-0.39, 0.29) is 17.9 Å². The minimum absolute atomic E-state index is 0.00190. The lowest BCUT2D eigenvalue weighted by molar-refractivity contribution is -0.208. The van der Waals surface area contributed by atoms with Crippen LogP contribution in [0.3, 0.4) is 0 Å². The van der Waals surface area contributed by atoms with Gasteiger partial charge in [0.2, 0.25) is 5.91 Å². The molecule has 162 valence electrons. The number of amides is 1. The highest BCUT2D eigenvalue weighted by Gasteiger charge is 2.48. The summed E-state index contributed by atoms with van der Waals surface area (Å²) < 4.78 is 5.88. The normalized spacial score (nSPS) is 39.9. The summed E-state index contributed by atoms with van der Waals surface area (Å²) in [4.78, 5) is 12.9. The van der Waals surface area contributed by atoms with Gasteiger partial charge in [-0.1, -0.05) is 39.5 Å². The van der Waals surface area contributed by atoms with E-state index >= 15 is 0 Å². The molecule has 3 fully saturated rings. The van der Waals surface area contributed by atoms with Crippen LogP contribution in [0.5, 0.6) is 0 Å². The molecule has 8 unspecified atom stereocenters. The van der Waals surface area contributed by atoms with Gasteiger partial charge in [-0.3, -0.25) is 4.79 Å². The van der Waals surface area contributed by atoms with Crippen molar-refractivity contribution in [2.75, 3.05) is 12.8 Å². The topological polar surface area (TPSA) is 111 Å². The van der Waals surface area contributed by atoms with Gasteiger partial charge in [0, 0.05) is 6.54 Å². The number of rotatable bonds is 8. The smallest absolute Gasteiger partial charge is 0.237 e. The number of nitrogens with one attached hydrogen (secondary N) is 2. The van der Waals surface area contributed by atoms with Gasteiger partial charge in [-0.2, -0.15) is 0 Å². The molecule has 0 spiro atoms. The molecule has 1 amide bonds. The van der Waals surface area contributed by atoms with E-state index in [0.29, 0.717) is 5.92 Å². The van der Waals surface area contributed by atoms with Crippen molar-refractivity contribution in [2.24, 2.45) is 17.8 Å². The van der Waals surface area contributed by atoms with Gasteiger partial charge in [0.15, 0.2) is 0 Å². The molecule has 2 saturated heterocycles. The highest BCUT2D eigenvalue weighted by atomic mass is 32.2. The number of hydrogen-bond acceptors (Lipinski definition) is 7. The minimum atomic E-state index is -1.30. The Kier molecular flexibility index (Phi) is 7.66. The predicted molar refractivity (Wildman–Crippen MR) is 109 cm³/mol. The van der Waals surface area contributed by atoms with E-state index in [1.165, 1.54) is 37.4 Å². The molecule has 0 aromatic rings. The molecular weight excluding hydrogens is 380 g/mol. The van der Waals surface area contributed by atoms with E-state index in [1.807, 2.05) is 13.8 Å². The molecule has 0 aromatic carbocycles. The van der Waals surface area contributed by atoms with Gasteiger partial charge in [-0.05, 0) is 30.4 Å². The quantitative estimate of drug-likeness (QED) is 0.391. The Balaban J connectivity index is 1.59. The summed E-state index contributed by atoms with van der Waals surface area (Å²) >= 11 is 1.28. The van der Waals surface area contributed by atoms with E-state index in [4.69, 9.17) is 4.74 Å². The highest BCUT2D eigenvalue weighted by Crippen LogP contribution is 2.34. The third-order valence-corrected chi connectivity index (χ3v) is 7.60. The van der Waals surface area contributed by atoms with E-state index in [1.54, 1.807) is 6.26 Å². The Labute approximate surface area is 172 Å². The molecule has 8 atom stereocenters. The molecule has 0 bridgehead atoms. The standard InChI is InChI=1S/C20H36N2O5S/c1-10(2)13(18-16(24)15(23)17(25)20(27-18)28-3)22-19(26)14-12(9-21-14)8-7-11-5-4-6-11/h10-18,20-21,23-25H,4-9H2,1-3H3,(H,22,26). The number of ether oxygens (including phenoxy) is 1. The van der Waals surface area contributed by atoms with Gasteiger partial charge in [0.25, 0.3) is 0 Å². The molecule has 8 heteroatoms. The van der Waals surface area contributed by atoms with Crippen LogP contribution in [0.1, 0.15) is 46.0 Å². The maximum Gasteiger partial charge on any atom is 0.237 e. The maximum absolute atomic E-state index is 12.9. The molecule has 7 nitrogen and oxygen atoms in total. The zero-order chi connectivity index (χ0) is 20.4. The summed E-state index contributed by atoms with van der Waals surface area (Å²) in [6, 6.07) is -0.650. The largest absolute Gasteiger partial charge is 0.388 e. The highest BCUT2D eigenvalue weighted by molar-refractivity contribution is 7.99. The molecular formula is C20H36N2O5S. The Morgan fingerprint density at radius 1 is 1.18 bits per heavy atom. The Hall–Kier alpha value is -0.380. The third kappa shape index (κ3) is 4.68. The second-order valence-corrected chi connectivity index (χ2v) is 9.91. The van der Waals surface area contributed by atoms with Crippen molar-refractivity contribution in [1.29, 1.82) is 0 Å². The van der Waals surface area contributed by atoms with Gasteiger partial charge >= 0.3 is 0 Å². The zero-order valence-electron chi connectivity index (χ0n) is 17.1. The van der Waals surface area contributed by atoms with E-state index in [2.05, 4.69) is 10.6 Å². The first-order chi connectivity index (χ1) is 13.3. The van der Waals surface area contributed by atoms with Crippen LogP contribution >= 0.6 is 11.8 Å². The zero-order valence-corrected chi connectivity index (χ0v) is 17.9. The fourth-order valence-corrected chi connectivity index (χ4v) is 5.14. The van der Waals surface area contributed by atoms with Gasteiger partial charge in [-0.15, -0.1) is 11.8 Å². The van der Waals surface area contributed by atoms with E-state index in [0.717, 1.165) is 18.9 Å². The van der Waals surface area contributed by atoms with Crippen LogP contribution in [0, 0.1) is 17.8 Å². The molecule has 2 aliphatic heterocycles. The number of aliphatic hydroxyl groups is 3. The third-order valence-electron chi connectivity index (χ3n) is 6.74. The minimum Gasteiger partial charge on any atom is -0.388 e. The molecule has 0 radical (unpaired) electrons. The first kappa shape index (κ1) is 22.3. The number of carbonyl (C=O) groups is 1. The van der Waals surface area contributed by atoms with Crippen LogP contribution < -0.4 is 10.6 Å². The number of aliphatic hydroxyl groups excluding tert-OH is 3. The van der Waals surface area contributed by atoms with Crippen molar-refractivity contribution in [1.82, 2.24) is 10.6 Å². The van der Waals surface area contributed by atoms with Crippen molar-refractivity contribution < 1.29 is 24.9 Å². The fourth-order valence-electron chi connectivity index (χ4n) is 4.46. The molecule has 5 N–H and O–H groups in total. The van der Waals surface area contributed by atoms with Crippen LogP contribution in [0.25, 0.3) is 0 Å². The molecule has 3 rings (SSSR count). The lowest BCUT2D eigenvalue weighted by Crippen LogP contribution is -2.67. The number of carbonyl (C=O) groups excluding carboxylic acids is 1. The van der Waals surface area contributed by atoms with Crippen molar-refractivity contribution in [2.45, 2.75) is 87.9 Å². The second kappa shape index (κ2) is 9.62. The number of thioether (sulfide) groups is 1. The number of hydrogen-bond donors (Lipinski definition) is 5. The van der Waals surface area contributed by atoms with Crippen molar-refractivity contribution >= 4 is 17.7 Å². The Bertz CT molecular complexity index is 531. The molecule has 3 aliphatic rings. The van der Waals surface area contributed by atoms with Crippen LogP contribution in [0.15, 0.2) is 0 Å². The fraction of sp³-hybridized carbons (Fsp3) is 0.950. The van der Waals surface area contributed by atoms with E-state index in [9.17, 15) is 20.1 Å². The van der Waals surface area contributed by atoms with Crippen molar-refractivity contribution in [3.05, 3.63) is 0 Å². The average molecular weight is 417 g/mol. The van der Waals surface area contributed by atoms with Crippen LogP contribution in [0.2, 0.25) is 0 Å². The first-order valence-electron chi connectivity index (χ1n) is 10.6. The summed E-state index contributed by atoms with van der Waals surface area (Å²) in [5.41, 5.74) is -0.640. The lowest BCUT2D eigenvalue weighted by Gasteiger charge is -2.45. The van der Waals surface area contributed by atoms with Crippen molar-refractivity contribution in [3.63, 3.8) is 0 Å². The maximum atomic E-state index is 12.9. The van der Waals surface area contributed by atoms with Gasteiger partial charge in [0.05, 0.1) is 12.1 Å². The van der Waals surface area contributed by atoms with E-state index < -0.39 is 35.9 Å². The SMILES string of the molecule is CSC1OC(C(NC(=O)C2NCC2CCC2CCC2)C(C)C)C(O)C(O)C1O. The summed E-state index contributed by atoms with van der Waals surface area (Å²) in [5.74, 6) is 1.13. The summed E-state index contributed by atoms with van der Waals surface area (Å²) in [5, 5.41) is 37.1. The van der Waals surface area contributed by atoms with Gasteiger partial charge in [-0.25, -0.2) is 0 Å². The molecule has 2 heterocycles. The van der Waals surface area contributed by atoms with Crippen LogP contribution in [-0.2, 0) is 9.53 Å². The Morgan fingerprint density at radius 3 is 2.39 bits per heavy atom. The molecule has 1 aliphatic carbocycles. The monoisotopic (exact) mass is 416 g/mol. The van der Waals surface area contributed by atoms with Crippen LogP contribution in [0.4, 0.5) is 0 Å². The van der Waals surface area contributed by atoms with Gasteiger partial charge in [0.1, 0.15) is 29.9 Å². The summed E-state index contributed by atoms with van der Waals surface area (Å²) in [6.07, 6.45) is 3.57. The summed E-state index contributed by atoms with van der Waals surface area (Å²) in [6.45, 7) is 4.78. The lowest BCUT2D eigenvalue weighted by atomic mass is 9.77. The molecule has 1 saturated carbocycles. The molecule has 28 heavy (non-hydrogen) atoms. The predicted octanol–water partition coefficient (Wildman–Crippen LogP) is 0.466. The average Bonchev–Trinajstić information content (AvgIpc) is 2.59. The second-order valence-electron chi connectivity index (χ2n) is 8.98. The van der Waals surface area contributed by atoms with Crippen LogP contribution in [-0.4, -0.2) is 76.0 Å². The molecule has 0 aromatic heterocycles. The van der Waals surface area contributed by atoms with Gasteiger partial charge < -0.3 is 30.7 Å². The Morgan fingerprint density at radius 2 is 1.89 bits per heavy atom. The van der Waals surface area contributed by atoms with Crippen molar-refractivity contribution in [3.8, 4) is 0 Å². The first-order valence-corrected chi connectivity index (χ1v) is 11.9. The summed E-state index contributed by atoms with van der Waals surface area (Å²) in [7, 11) is 0.